The van der Waals surface area contributed by atoms with Crippen molar-refractivity contribution in [3.63, 3.8) is 0 Å². The average molecular weight is 623 g/mol. The summed E-state index contributed by atoms with van der Waals surface area (Å²) in [5.74, 6) is -0.971. The Hall–Kier alpha value is -3.45. The highest BCUT2D eigenvalue weighted by molar-refractivity contribution is 6.48. The third-order valence-electron chi connectivity index (χ3n) is 8.70. The van der Waals surface area contributed by atoms with Crippen LogP contribution < -0.4 is 20.7 Å². The van der Waals surface area contributed by atoms with Crippen molar-refractivity contribution >= 4 is 24.8 Å². The van der Waals surface area contributed by atoms with Crippen LogP contribution in [0.5, 0.6) is 5.75 Å². The zero-order valence-electron chi connectivity index (χ0n) is 27.3. The van der Waals surface area contributed by atoms with Crippen molar-refractivity contribution in [3.05, 3.63) is 65.7 Å². The normalized spacial score (nSPS) is 19.6. The lowest BCUT2D eigenvalue weighted by Gasteiger charge is -2.32. The van der Waals surface area contributed by atoms with Gasteiger partial charge in [0.1, 0.15) is 17.8 Å². The first-order valence-corrected chi connectivity index (χ1v) is 15.6. The summed E-state index contributed by atoms with van der Waals surface area (Å²) in [5.41, 5.74) is 0.645. The lowest BCUT2D eigenvalue weighted by atomic mass is 9.74. The van der Waals surface area contributed by atoms with E-state index in [9.17, 15) is 14.4 Å². The Morgan fingerprint density at radius 1 is 0.844 bits per heavy atom. The van der Waals surface area contributed by atoms with Crippen molar-refractivity contribution in [2.45, 2.75) is 76.7 Å². The van der Waals surface area contributed by atoms with Crippen LogP contribution in [0, 0.1) is 0 Å². The van der Waals surface area contributed by atoms with Crippen molar-refractivity contribution in [1.29, 1.82) is 0 Å². The molecule has 4 rings (SSSR count). The molecule has 3 N–H and O–H groups in total. The van der Waals surface area contributed by atoms with Gasteiger partial charge < -0.3 is 34.7 Å². The number of benzene rings is 2. The molecular weight excluding hydrogens is 575 g/mol. The molecule has 0 aromatic heterocycles. The van der Waals surface area contributed by atoms with Crippen LogP contribution in [0.25, 0.3) is 0 Å². The van der Waals surface area contributed by atoms with Gasteiger partial charge in [-0.3, -0.25) is 19.3 Å². The molecule has 0 radical (unpaired) electrons. The molecule has 2 fully saturated rings. The lowest BCUT2D eigenvalue weighted by molar-refractivity contribution is -0.132. The van der Waals surface area contributed by atoms with E-state index in [2.05, 4.69) is 16.0 Å². The third kappa shape index (κ3) is 9.53. The van der Waals surface area contributed by atoms with E-state index in [1.165, 1.54) is 0 Å². The molecule has 45 heavy (non-hydrogen) atoms. The quantitative estimate of drug-likeness (QED) is 0.290. The second kappa shape index (κ2) is 15.2. The maximum Gasteiger partial charge on any atom is 0.482 e. The molecule has 0 bridgehead atoms. The second-order valence-corrected chi connectivity index (χ2v) is 12.7. The zero-order chi connectivity index (χ0) is 32.6. The molecule has 2 aromatic rings. The van der Waals surface area contributed by atoms with Gasteiger partial charge in [0.25, 0.3) is 0 Å². The lowest BCUT2D eigenvalue weighted by Crippen LogP contribution is -2.58. The molecule has 0 spiro atoms. The largest absolute Gasteiger partial charge is 0.497 e. The van der Waals surface area contributed by atoms with E-state index in [1.54, 1.807) is 14.0 Å². The Labute approximate surface area is 266 Å². The topological polar surface area (TPSA) is 127 Å². The summed E-state index contributed by atoms with van der Waals surface area (Å²) < 4.78 is 23.3. The highest BCUT2D eigenvalue weighted by atomic mass is 16.7. The van der Waals surface area contributed by atoms with Crippen molar-refractivity contribution in [1.82, 2.24) is 20.9 Å². The molecule has 1 unspecified atom stereocenters. The van der Waals surface area contributed by atoms with Gasteiger partial charge in [0.2, 0.25) is 17.7 Å². The Kier molecular flexibility index (Phi) is 11.6. The summed E-state index contributed by atoms with van der Waals surface area (Å²) in [6.07, 6.45) is 0.679. The number of hydrogen-bond acceptors (Lipinski definition) is 8. The minimum Gasteiger partial charge on any atom is -0.497 e. The zero-order valence-corrected chi connectivity index (χ0v) is 27.3. The molecule has 2 heterocycles. The molecule has 12 heteroatoms. The van der Waals surface area contributed by atoms with Crippen molar-refractivity contribution < 1.29 is 33.2 Å². The average Bonchev–Trinajstić information content (AvgIpc) is 3.23. The van der Waals surface area contributed by atoms with E-state index >= 15 is 0 Å². The van der Waals surface area contributed by atoms with Crippen LogP contribution in [0.1, 0.15) is 45.7 Å². The third-order valence-corrected chi connectivity index (χ3v) is 8.70. The van der Waals surface area contributed by atoms with E-state index < -0.39 is 42.3 Å². The number of ether oxygens (including phenoxy) is 2. The first-order valence-electron chi connectivity index (χ1n) is 15.6. The van der Waals surface area contributed by atoms with Crippen molar-refractivity contribution in [2.75, 3.05) is 40.0 Å². The van der Waals surface area contributed by atoms with E-state index in [1.807, 2.05) is 87.2 Å². The van der Waals surface area contributed by atoms with Gasteiger partial charge in [0.15, 0.2) is 0 Å². The van der Waals surface area contributed by atoms with Crippen LogP contribution in [0.3, 0.4) is 0 Å². The van der Waals surface area contributed by atoms with Gasteiger partial charge >= 0.3 is 7.12 Å². The predicted molar refractivity (Wildman–Crippen MR) is 172 cm³/mol. The molecular formula is C33H47BN4O7. The predicted octanol–water partition coefficient (Wildman–Crippen LogP) is 1.92. The van der Waals surface area contributed by atoms with Crippen LogP contribution in [-0.4, -0.2) is 98.9 Å². The molecule has 2 aliphatic heterocycles. The summed E-state index contributed by atoms with van der Waals surface area (Å²) >= 11 is 0. The summed E-state index contributed by atoms with van der Waals surface area (Å²) in [6.45, 7) is 12.1. The van der Waals surface area contributed by atoms with Gasteiger partial charge in [-0.15, -0.1) is 0 Å². The SMILES string of the molecule is COc1ccc(C[C@H](NC(=O)[C@H](C)NC(=O)CN2CCOCC2)C(=O)NC(Cc2ccccc2)B2OC(C)(C)C(C)(C)O2)cc1. The maximum atomic E-state index is 14.0. The summed E-state index contributed by atoms with van der Waals surface area (Å²) in [7, 11) is 0.873. The first-order chi connectivity index (χ1) is 21.4. The monoisotopic (exact) mass is 622 g/mol. The van der Waals surface area contributed by atoms with Crippen molar-refractivity contribution in [2.24, 2.45) is 0 Å². The molecule has 2 aliphatic rings. The summed E-state index contributed by atoms with van der Waals surface area (Å²) in [6, 6.07) is 15.3. The molecule has 3 amide bonds. The van der Waals surface area contributed by atoms with E-state index in [0.29, 0.717) is 38.5 Å². The Balaban J connectivity index is 1.50. The van der Waals surface area contributed by atoms with Crippen LogP contribution in [0.15, 0.2) is 54.6 Å². The molecule has 2 aromatic carbocycles. The second-order valence-electron chi connectivity index (χ2n) is 12.7. The number of rotatable bonds is 13. The Morgan fingerprint density at radius 2 is 1.44 bits per heavy atom. The van der Waals surface area contributed by atoms with Crippen LogP contribution in [0.2, 0.25) is 0 Å². The van der Waals surface area contributed by atoms with Gasteiger partial charge in [-0.1, -0.05) is 42.5 Å². The van der Waals surface area contributed by atoms with Crippen molar-refractivity contribution in [3.8, 4) is 5.75 Å². The Bertz CT molecular complexity index is 1270. The maximum absolute atomic E-state index is 14.0. The number of nitrogens with zero attached hydrogens (tertiary/aromatic N) is 1. The fourth-order valence-corrected chi connectivity index (χ4v) is 5.24. The molecule has 11 nitrogen and oxygen atoms in total. The number of nitrogens with one attached hydrogen (secondary N) is 3. The number of carbonyl (C=O) groups excluding carboxylic acids is 3. The smallest absolute Gasteiger partial charge is 0.482 e. The number of amides is 3. The summed E-state index contributed by atoms with van der Waals surface area (Å²) in [5, 5.41) is 8.78. The van der Waals surface area contributed by atoms with Gasteiger partial charge in [-0.2, -0.15) is 0 Å². The van der Waals surface area contributed by atoms with Crippen LogP contribution >= 0.6 is 0 Å². The molecule has 2 saturated heterocycles. The number of methoxy groups -OCH3 is 1. The van der Waals surface area contributed by atoms with E-state index in [0.717, 1.165) is 11.1 Å². The van der Waals surface area contributed by atoms with Crippen LogP contribution in [0.4, 0.5) is 0 Å². The number of hydrogen-bond donors (Lipinski definition) is 3. The highest BCUT2D eigenvalue weighted by Crippen LogP contribution is 2.38. The molecule has 3 atom stereocenters. The Morgan fingerprint density at radius 3 is 2.04 bits per heavy atom. The fraction of sp³-hybridized carbons (Fsp3) is 0.545. The van der Waals surface area contributed by atoms with Gasteiger partial charge in [-0.25, -0.2) is 0 Å². The van der Waals surface area contributed by atoms with Gasteiger partial charge in [0.05, 0.1) is 44.0 Å². The molecule has 0 saturated carbocycles. The minimum absolute atomic E-state index is 0.173. The van der Waals surface area contributed by atoms with E-state index in [-0.39, 0.29) is 24.8 Å². The molecule has 0 aliphatic carbocycles. The first kappa shape index (κ1) is 34.4. The fourth-order valence-electron chi connectivity index (χ4n) is 5.24. The van der Waals surface area contributed by atoms with Crippen LogP contribution in [-0.2, 0) is 41.3 Å². The summed E-state index contributed by atoms with van der Waals surface area (Å²) in [4.78, 5) is 42.1. The standard InChI is InChI=1S/C33H47BN4O7/c1-23(35-29(39)22-38-16-18-43-19-17-38)30(40)36-27(20-25-12-14-26(42-6)15-13-25)31(41)37-28(21-24-10-8-7-9-11-24)34-44-32(2,3)33(4,5)45-34/h7-15,23,27-28H,16-22H2,1-6H3,(H,35,39)(H,36,40)(H,37,41)/t23-,27-,28?/m0/s1. The highest BCUT2D eigenvalue weighted by Gasteiger charge is 2.54. The molecule has 244 valence electrons. The van der Waals surface area contributed by atoms with Gasteiger partial charge in [0, 0.05) is 19.5 Å². The minimum atomic E-state index is -0.940. The number of morpholine rings is 1. The number of carbonyl (C=O) groups is 3. The van der Waals surface area contributed by atoms with E-state index in [4.69, 9.17) is 18.8 Å². The van der Waals surface area contributed by atoms with Gasteiger partial charge in [-0.05, 0) is 64.3 Å².